The monoisotopic (exact) mass is 294 g/mol. The number of carbonyl (C=O) groups is 1. The number of benzene rings is 2. The van der Waals surface area contributed by atoms with Crippen molar-refractivity contribution in [1.82, 2.24) is 0 Å². The molecule has 0 atom stereocenters. The van der Waals surface area contributed by atoms with Gasteiger partial charge >= 0.3 is 12.1 Å². The summed E-state index contributed by atoms with van der Waals surface area (Å²) >= 11 is 0. The second-order valence-electron chi connectivity index (χ2n) is 4.40. The van der Waals surface area contributed by atoms with Crippen LogP contribution in [0, 0.1) is 0 Å². The molecule has 0 bridgehead atoms. The molecule has 0 heterocycles. The molecule has 0 unspecified atom stereocenters. The number of nitrogens with zero attached hydrogens (tertiary/aromatic N) is 1. The van der Waals surface area contributed by atoms with Crippen LogP contribution in [0.2, 0.25) is 0 Å². The Balaban J connectivity index is 2.20. The number of hydrogen-bond acceptors (Lipinski definition) is 2. The normalized spacial score (nSPS) is 11.0. The van der Waals surface area contributed by atoms with Gasteiger partial charge in [0.05, 0.1) is 0 Å². The van der Waals surface area contributed by atoms with Crippen LogP contribution in [0.15, 0.2) is 54.6 Å². The lowest BCUT2D eigenvalue weighted by Crippen LogP contribution is -2.29. The lowest BCUT2D eigenvalue weighted by Gasteiger charge is -2.20. The Bertz CT molecular complexity index is 626. The minimum absolute atomic E-state index is 0.0950. The van der Waals surface area contributed by atoms with E-state index in [1.807, 2.05) is 40.5 Å². The van der Waals surface area contributed by atoms with Crippen LogP contribution in [-0.2, 0) is 4.79 Å². The molecule has 2 aromatic carbocycles. The highest BCUT2D eigenvalue weighted by Gasteiger charge is 2.38. The van der Waals surface area contributed by atoms with Crippen molar-refractivity contribution in [3.8, 4) is 0 Å². The number of hydrogen-bond donors (Lipinski definition) is 1. The average Bonchev–Trinajstić information content (AvgIpc) is 2.46. The maximum absolute atomic E-state index is 12.2. The maximum atomic E-state index is 12.2. The summed E-state index contributed by atoms with van der Waals surface area (Å²) in [7, 11) is 1.79. The van der Waals surface area contributed by atoms with E-state index < -0.39 is 12.1 Å². The number of rotatable bonds is 3. The van der Waals surface area contributed by atoms with Crippen LogP contribution in [0.1, 0.15) is 0 Å². The first-order valence-electron chi connectivity index (χ1n) is 6.15. The topological polar surface area (TPSA) is 32.3 Å². The Morgan fingerprint density at radius 1 is 1.00 bits per heavy atom. The molecule has 110 valence electrons. The van der Waals surface area contributed by atoms with Gasteiger partial charge in [0.1, 0.15) is 0 Å². The lowest BCUT2D eigenvalue weighted by molar-refractivity contribution is -0.167. The summed E-state index contributed by atoms with van der Waals surface area (Å²) in [5.41, 5.74) is 1.65. The Hall–Kier alpha value is -2.50. The Labute approximate surface area is 120 Å². The summed E-state index contributed by atoms with van der Waals surface area (Å²) in [4.78, 5) is 12.7. The highest BCUT2D eigenvalue weighted by molar-refractivity contribution is 5.95. The van der Waals surface area contributed by atoms with E-state index in [9.17, 15) is 18.0 Å². The fraction of sp³-hybridized carbons (Fsp3) is 0.133. The molecule has 0 aliphatic rings. The summed E-state index contributed by atoms with van der Waals surface area (Å²) in [6, 6.07) is 15.6. The van der Waals surface area contributed by atoms with Crippen molar-refractivity contribution < 1.29 is 18.0 Å². The third kappa shape index (κ3) is 3.75. The third-order valence-corrected chi connectivity index (χ3v) is 2.89. The van der Waals surface area contributed by atoms with Crippen molar-refractivity contribution in [3.05, 3.63) is 54.6 Å². The second kappa shape index (κ2) is 5.87. The van der Waals surface area contributed by atoms with Crippen molar-refractivity contribution in [2.75, 3.05) is 17.3 Å². The highest BCUT2D eigenvalue weighted by atomic mass is 19.4. The molecule has 21 heavy (non-hydrogen) atoms. The van der Waals surface area contributed by atoms with Gasteiger partial charge in [-0.1, -0.05) is 24.3 Å². The molecule has 0 radical (unpaired) electrons. The Kier molecular flexibility index (Phi) is 4.16. The van der Waals surface area contributed by atoms with E-state index in [-0.39, 0.29) is 5.69 Å². The van der Waals surface area contributed by atoms with Gasteiger partial charge in [-0.3, -0.25) is 4.79 Å². The SMILES string of the molecule is CN(c1ccccc1)c1cccc(NC(=O)C(F)(F)F)c1. The first kappa shape index (κ1) is 14.9. The Morgan fingerprint density at radius 2 is 1.62 bits per heavy atom. The van der Waals surface area contributed by atoms with Gasteiger partial charge in [-0.05, 0) is 30.3 Å². The van der Waals surface area contributed by atoms with E-state index in [4.69, 9.17) is 0 Å². The highest BCUT2D eigenvalue weighted by Crippen LogP contribution is 2.26. The molecular weight excluding hydrogens is 281 g/mol. The molecule has 0 spiro atoms. The summed E-state index contributed by atoms with van der Waals surface area (Å²) < 4.78 is 36.7. The van der Waals surface area contributed by atoms with Gasteiger partial charge < -0.3 is 10.2 Å². The van der Waals surface area contributed by atoms with Crippen molar-refractivity contribution in [2.24, 2.45) is 0 Å². The largest absolute Gasteiger partial charge is 0.471 e. The van der Waals surface area contributed by atoms with Crippen molar-refractivity contribution >= 4 is 23.0 Å². The average molecular weight is 294 g/mol. The lowest BCUT2D eigenvalue weighted by atomic mass is 10.2. The molecule has 0 aromatic heterocycles. The van der Waals surface area contributed by atoms with Crippen LogP contribution < -0.4 is 10.2 Å². The summed E-state index contributed by atoms with van der Waals surface area (Å²) in [5, 5.41) is 1.84. The van der Waals surface area contributed by atoms with Crippen molar-refractivity contribution in [2.45, 2.75) is 6.18 Å². The maximum Gasteiger partial charge on any atom is 0.471 e. The molecule has 0 aliphatic heterocycles. The predicted molar refractivity (Wildman–Crippen MR) is 75.6 cm³/mol. The van der Waals surface area contributed by atoms with E-state index in [0.29, 0.717) is 5.69 Å². The predicted octanol–water partition coefficient (Wildman–Crippen LogP) is 3.96. The molecule has 6 heteroatoms. The molecule has 2 aromatic rings. The first-order chi connectivity index (χ1) is 9.88. The zero-order valence-corrected chi connectivity index (χ0v) is 11.2. The molecular formula is C15H13F3N2O. The molecule has 3 nitrogen and oxygen atoms in total. The minimum atomic E-state index is -4.90. The fourth-order valence-corrected chi connectivity index (χ4v) is 1.79. The van der Waals surface area contributed by atoms with E-state index in [0.717, 1.165) is 5.69 Å². The standard InChI is InChI=1S/C15H13F3N2O/c1-20(12-7-3-2-4-8-12)13-9-5-6-11(10-13)19-14(21)15(16,17)18/h2-10H,1H3,(H,19,21). The fourth-order valence-electron chi connectivity index (χ4n) is 1.79. The third-order valence-electron chi connectivity index (χ3n) is 2.89. The van der Waals surface area contributed by atoms with Crippen LogP contribution in [0.5, 0.6) is 0 Å². The zero-order chi connectivity index (χ0) is 15.5. The van der Waals surface area contributed by atoms with Gasteiger partial charge in [0, 0.05) is 24.1 Å². The van der Waals surface area contributed by atoms with Crippen LogP contribution in [-0.4, -0.2) is 19.1 Å². The summed E-state index contributed by atoms with van der Waals surface area (Å²) in [6.45, 7) is 0. The summed E-state index contributed by atoms with van der Waals surface area (Å²) in [6.07, 6.45) is -4.90. The molecule has 0 fully saturated rings. The van der Waals surface area contributed by atoms with Crippen LogP contribution in [0.25, 0.3) is 0 Å². The van der Waals surface area contributed by atoms with Crippen molar-refractivity contribution in [3.63, 3.8) is 0 Å². The minimum Gasteiger partial charge on any atom is -0.345 e. The van der Waals surface area contributed by atoms with Crippen molar-refractivity contribution in [1.29, 1.82) is 0 Å². The number of alkyl halides is 3. The zero-order valence-electron chi connectivity index (χ0n) is 11.2. The van der Waals surface area contributed by atoms with Crippen LogP contribution in [0.4, 0.5) is 30.2 Å². The van der Waals surface area contributed by atoms with E-state index >= 15 is 0 Å². The second-order valence-corrected chi connectivity index (χ2v) is 4.40. The van der Waals surface area contributed by atoms with E-state index in [2.05, 4.69) is 0 Å². The van der Waals surface area contributed by atoms with Gasteiger partial charge in [-0.2, -0.15) is 13.2 Å². The van der Waals surface area contributed by atoms with E-state index in [1.54, 1.807) is 19.2 Å². The smallest absolute Gasteiger partial charge is 0.345 e. The molecule has 1 N–H and O–H groups in total. The number of carbonyl (C=O) groups excluding carboxylic acids is 1. The van der Waals surface area contributed by atoms with Gasteiger partial charge in [0.2, 0.25) is 0 Å². The first-order valence-corrected chi connectivity index (χ1v) is 6.15. The molecule has 0 saturated carbocycles. The molecule has 1 amide bonds. The number of amides is 1. The molecule has 2 rings (SSSR count). The van der Waals surface area contributed by atoms with Gasteiger partial charge in [0.15, 0.2) is 0 Å². The number of anilines is 3. The quantitative estimate of drug-likeness (QED) is 0.929. The van der Waals surface area contributed by atoms with Gasteiger partial charge in [0.25, 0.3) is 0 Å². The van der Waals surface area contributed by atoms with Crippen LogP contribution >= 0.6 is 0 Å². The summed E-state index contributed by atoms with van der Waals surface area (Å²) in [5.74, 6) is -1.98. The van der Waals surface area contributed by atoms with Gasteiger partial charge in [-0.25, -0.2) is 0 Å². The Morgan fingerprint density at radius 3 is 2.24 bits per heavy atom. The van der Waals surface area contributed by atoms with Gasteiger partial charge in [-0.15, -0.1) is 0 Å². The number of halogens is 3. The van der Waals surface area contributed by atoms with Crippen LogP contribution in [0.3, 0.4) is 0 Å². The van der Waals surface area contributed by atoms with E-state index in [1.165, 1.54) is 12.1 Å². The molecule has 0 saturated heterocycles. The molecule has 0 aliphatic carbocycles. The number of nitrogens with one attached hydrogen (secondary N) is 1. The number of para-hydroxylation sites is 1.